The Morgan fingerprint density at radius 1 is 1.19 bits per heavy atom. The molecule has 0 bridgehead atoms. The summed E-state index contributed by atoms with van der Waals surface area (Å²) in [5.41, 5.74) is 0.770. The van der Waals surface area contributed by atoms with Gasteiger partial charge in [0.1, 0.15) is 5.82 Å². The maximum atomic E-state index is 13.5. The van der Waals surface area contributed by atoms with Crippen molar-refractivity contribution in [2.45, 2.75) is 13.5 Å². The molecule has 82 valence electrons. The van der Waals surface area contributed by atoms with Crippen LogP contribution in [0.3, 0.4) is 0 Å². The van der Waals surface area contributed by atoms with Crippen molar-refractivity contribution in [2.75, 3.05) is 0 Å². The number of aryl methyl sites for hydroxylation is 1. The molecule has 0 amide bonds. The largest absolute Gasteiger partial charge is 0.392 e. The summed E-state index contributed by atoms with van der Waals surface area (Å²) in [6.07, 6.45) is 0. The molecule has 6 heteroatoms. The maximum absolute atomic E-state index is 13.5. The number of rotatable bonds is 2. The van der Waals surface area contributed by atoms with Crippen LogP contribution in [0.25, 0.3) is 11.4 Å². The maximum Gasteiger partial charge on any atom is 0.206 e. The van der Waals surface area contributed by atoms with Gasteiger partial charge in [0.15, 0.2) is 5.82 Å². The van der Waals surface area contributed by atoms with E-state index >= 15 is 0 Å². The Labute approximate surface area is 91.0 Å². The number of aliphatic hydroxyl groups excluding tert-OH is 1. The van der Waals surface area contributed by atoms with Gasteiger partial charge in [-0.1, -0.05) is 6.07 Å². The lowest BCUT2D eigenvalue weighted by Gasteiger charge is -2.02. The van der Waals surface area contributed by atoms with Crippen LogP contribution in [0.4, 0.5) is 4.39 Å². The molecule has 2 aromatic rings. The zero-order valence-corrected chi connectivity index (χ0v) is 8.55. The molecule has 1 N–H and O–H groups in total. The van der Waals surface area contributed by atoms with Crippen LogP contribution < -0.4 is 0 Å². The van der Waals surface area contributed by atoms with Gasteiger partial charge in [0.2, 0.25) is 5.82 Å². The summed E-state index contributed by atoms with van der Waals surface area (Å²) in [6.45, 7) is 1.48. The van der Waals surface area contributed by atoms with Gasteiger partial charge < -0.3 is 5.11 Å². The highest BCUT2D eigenvalue weighted by atomic mass is 19.1. The zero-order valence-electron chi connectivity index (χ0n) is 8.55. The first-order valence-corrected chi connectivity index (χ1v) is 4.64. The number of aromatic nitrogens is 4. The van der Waals surface area contributed by atoms with E-state index in [2.05, 4.69) is 20.4 Å². The molecule has 0 aliphatic carbocycles. The fourth-order valence-electron chi connectivity index (χ4n) is 1.23. The number of aliphatic hydroxyl groups is 1. The molecule has 16 heavy (non-hydrogen) atoms. The minimum absolute atomic E-state index is 0.110. The van der Waals surface area contributed by atoms with Crippen molar-refractivity contribution in [3.8, 4) is 11.4 Å². The van der Waals surface area contributed by atoms with Gasteiger partial charge in [0.25, 0.3) is 0 Å². The van der Waals surface area contributed by atoms with Crippen LogP contribution in [0.1, 0.15) is 11.4 Å². The van der Waals surface area contributed by atoms with Crippen molar-refractivity contribution in [1.82, 2.24) is 20.4 Å². The SMILES string of the molecule is Cc1nnc(-c2cc(CO)ccc2F)nn1. The smallest absolute Gasteiger partial charge is 0.206 e. The summed E-state index contributed by atoms with van der Waals surface area (Å²) in [7, 11) is 0. The van der Waals surface area contributed by atoms with E-state index in [0.29, 0.717) is 11.4 Å². The van der Waals surface area contributed by atoms with Crippen LogP contribution in [0.2, 0.25) is 0 Å². The minimum Gasteiger partial charge on any atom is -0.392 e. The van der Waals surface area contributed by atoms with E-state index in [0.717, 1.165) is 0 Å². The third-order valence-electron chi connectivity index (χ3n) is 2.03. The average Bonchev–Trinajstić information content (AvgIpc) is 2.31. The number of halogens is 1. The average molecular weight is 220 g/mol. The normalized spacial score (nSPS) is 10.4. The van der Waals surface area contributed by atoms with E-state index in [1.807, 2.05) is 0 Å². The van der Waals surface area contributed by atoms with Crippen molar-refractivity contribution < 1.29 is 9.50 Å². The number of hydrogen-bond acceptors (Lipinski definition) is 5. The Kier molecular flexibility index (Phi) is 2.82. The fraction of sp³-hybridized carbons (Fsp3) is 0.200. The quantitative estimate of drug-likeness (QED) is 0.813. The van der Waals surface area contributed by atoms with E-state index in [4.69, 9.17) is 5.11 Å². The molecule has 2 rings (SSSR count). The second kappa shape index (κ2) is 4.28. The topological polar surface area (TPSA) is 71.8 Å². The Hall–Kier alpha value is -1.95. The molecule has 0 radical (unpaired) electrons. The molecular weight excluding hydrogens is 211 g/mol. The van der Waals surface area contributed by atoms with E-state index < -0.39 is 5.82 Å². The van der Waals surface area contributed by atoms with Gasteiger partial charge in [-0.05, 0) is 24.6 Å². The van der Waals surface area contributed by atoms with Crippen LogP contribution >= 0.6 is 0 Å². The monoisotopic (exact) mass is 220 g/mol. The third kappa shape index (κ3) is 2.01. The van der Waals surface area contributed by atoms with Crippen molar-refractivity contribution in [3.63, 3.8) is 0 Å². The Morgan fingerprint density at radius 3 is 2.50 bits per heavy atom. The van der Waals surface area contributed by atoms with E-state index in [-0.39, 0.29) is 18.0 Å². The number of nitrogens with zero attached hydrogens (tertiary/aromatic N) is 4. The number of benzene rings is 1. The van der Waals surface area contributed by atoms with E-state index in [1.54, 1.807) is 6.92 Å². The first kappa shape index (κ1) is 10.6. The van der Waals surface area contributed by atoms with Crippen molar-refractivity contribution in [2.24, 2.45) is 0 Å². The molecule has 5 nitrogen and oxygen atoms in total. The van der Waals surface area contributed by atoms with Crippen molar-refractivity contribution >= 4 is 0 Å². The summed E-state index contributed by atoms with van der Waals surface area (Å²) < 4.78 is 13.5. The van der Waals surface area contributed by atoms with Crippen molar-refractivity contribution in [1.29, 1.82) is 0 Å². The molecule has 1 aromatic carbocycles. The molecule has 1 heterocycles. The molecule has 0 saturated heterocycles. The molecule has 0 fully saturated rings. The van der Waals surface area contributed by atoms with E-state index in [9.17, 15) is 4.39 Å². The fourth-order valence-corrected chi connectivity index (χ4v) is 1.23. The van der Waals surface area contributed by atoms with Crippen LogP contribution in [0.15, 0.2) is 18.2 Å². The Balaban J connectivity index is 2.50. The molecule has 0 spiro atoms. The second-order valence-electron chi connectivity index (χ2n) is 3.24. The highest BCUT2D eigenvalue weighted by molar-refractivity contribution is 5.55. The van der Waals surface area contributed by atoms with Gasteiger partial charge in [0.05, 0.1) is 12.2 Å². The van der Waals surface area contributed by atoms with Gasteiger partial charge in [-0.15, -0.1) is 20.4 Å². The Morgan fingerprint density at radius 2 is 1.88 bits per heavy atom. The molecule has 1 aromatic heterocycles. The predicted octanol–water partition coefficient (Wildman–Crippen LogP) is 0.873. The van der Waals surface area contributed by atoms with Crippen LogP contribution in [-0.4, -0.2) is 25.5 Å². The zero-order chi connectivity index (χ0) is 11.5. The van der Waals surface area contributed by atoms with Crippen LogP contribution in [-0.2, 0) is 6.61 Å². The van der Waals surface area contributed by atoms with Gasteiger partial charge in [0, 0.05) is 0 Å². The summed E-state index contributed by atoms with van der Waals surface area (Å²) in [4.78, 5) is 0. The summed E-state index contributed by atoms with van der Waals surface area (Å²) in [5, 5.41) is 23.8. The lowest BCUT2D eigenvalue weighted by Crippen LogP contribution is -2.00. The molecule has 0 unspecified atom stereocenters. The predicted molar refractivity (Wildman–Crippen MR) is 53.7 cm³/mol. The Bertz CT molecular complexity index is 501. The van der Waals surface area contributed by atoms with Gasteiger partial charge in [-0.25, -0.2) is 4.39 Å². The van der Waals surface area contributed by atoms with E-state index in [1.165, 1.54) is 18.2 Å². The summed E-state index contributed by atoms with van der Waals surface area (Å²) in [5.74, 6) is 0.0607. The van der Waals surface area contributed by atoms with Gasteiger partial charge in [-0.3, -0.25) is 0 Å². The highest BCUT2D eigenvalue weighted by Gasteiger charge is 2.10. The number of hydrogen-bond donors (Lipinski definition) is 1. The molecule has 0 aliphatic rings. The summed E-state index contributed by atoms with van der Waals surface area (Å²) >= 11 is 0. The standard InChI is InChI=1S/C10H9FN4O/c1-6-12-14-10(15-13-6)8-4-7(5-16)2-3-9(8)11/h2-4,16H,5H2,1H3. The molecule has 0 atom stereocenters. The minimum atomic E-state index is -0.468. The lowest BCUT2D eigenvalue weighted by atomic mass is 10.1. The second-order valence-corrected chi connectivity index (χ2v) is 3.24. The lowest BCUT2D eigenvalue weighted by molar-refractivity contribution is 0.282. The van der Waals surface area contributed by atoms with Crippen LogP contribution in [0, 0.1) is 12.7 Å². The molecular formula is C10H9FN4O. The highest BCUT2D eigenvalue weighted by Crippen LogP contribution is 2.19. The third-order valence-corrected chi connectivity index (χ3v) is 2.03. The first-order valence-electron chi connectivity index (χ1n) is 4.64. The van der Waals surface area contributed by atoms with Gasteiger partial charge >= 0.3 is 0 Å². The molecule has 0 saturated carbocycles. The molecule has 0 aliphatic heterocycles. The summed E-state index contributed by atoms with van der Waals surface area (Å²) in [6, 6.07) is 4.22. The van der Waals surface area contributed by atoms with Gasteiger partial charge in [-0.2, -0.15) is 0 Å². The van der Waals surface area contributed by atoms with Crippen molar-refractivity contribution in [3.05, 3.63) is 35.4 Å². The van der Waals surface area contributed by atoms with Crippen LogP contribution in [0.5, 0.6) is 0 Å². The first-order chi connectivity index (χ1) is 7.70.